The van der Waals surface area contributed by atoms with Gasteiger partial charge in [-0.15, -0.1) is 11.3 Å². The molecule has 8 heteroatoms. The number of hydrogen-bond donors (Lipinski definition) is 2. The van der Waals surface area contributed by atoms with Crippen LogP contribution in [0.3, 0.4) is 0 Å². The van der Waals surface area contributed by atoms with Crippen molar-refractivity contribution in [1.29, 1.82) is 0 Å². The third-order valence-electron chi connectivity index (χ3n) is 3.23. The number of halogens is 1. The van der Waals surface area contributed by atoms with Crippen LogP contribution in [0.25, 0.3) is 0 Å². The summed E-state index contributed by atoms with van der Waals surface area (Å²) in [5.41, 5.74) is 0.843. The van der Waals surface area contributed by atoms with Crippen molar-refractivity contribution in [3.05, 3.63) is 57.2 Å². The average Bonchev–Trinajstić information content (AvgIpc) is 3.12. The van der Waals surface area contributed by atoms with Crippen LogP contribution in [0, 0.1) is 0 Å². The summed E-state index contributed by atoms with van der Waals surface area (Å²) < 4.78 is 4.84. The van der Waals surface area contributed by atoms with Gasteiger partial charge in [-0.05, 0) is 36.1 Å². The molecule has 2 amide bonds. The Morgan fingerprint density at radius 2 is 2.04 bits per heavy atom. The van der Waals surface area contributed by atoms with Gasteiger partial charge in [0.15, 0.2) is 6.61 Å². The lowest BCUT2D eigenvalue weighted by Gasteiger charge is -2.14. The molecule has 0 radical (unpaired) electrons. The zero-order valence-electron chi connectivity index (χ0n) is 13.5. The molecule has 0 saturated heterocycles. The van der Waals surface area contributed by atoms with Gasteiger partial charge in [-0.2, -0.15) is 0 Å². The van der Waals surface area contributed by atoms with E-state index in [0.29, 0.717) is 9.90 Å². The van der Waals surface area contributed by atoms with E-state index in [1.54, 1.807) is 42.6 Å². The van der Waals surface area contributed by atoms with Gasteiger partial charge in [0, 0.05) is 5.02 Å². The number of ether oxygens (including phenoxy) is 1. The number of carbonyl (C=O) groups is 3. The highest BCUT2D eigenvalue weighted by Crippen LogP contribution is 2.17. The van der Waals surface area contributed by atoms with Crippen LogP contribution in [0.1, 0.15) is 28.2 Å². The lowest BCUT2D eigenvalue weighted by atomic mass is 10.1. The molecule has 0 saturated carbocycles. The van der Waals surface area contributed by atoms with Crippen molar-refractivity contribution in [1.82, 2.24) is 10.6 Å². The maximum atomic E-state index is 11.8. The molecule has 0 unspecified atom stereocenters. The van der Waals surface area contributed by atoms with Gasteiger partial charge in [0.2, 0.25) is 0 Å². The molecule has 2 N–H and O–H groups in total. The SMILES string of the molecule is C[C@@H](NC(=O)COC(=O)CNC(=O)c1cccs1)c1cccc(Cl)c1. The molecule has 2 rings (SSSR count). The third kappa shape index (κ3) is 6.21. The Morgan fingerprint density at radius 1 is 1.24 bits per heavy atom. The van der Waals surface area contributed by atoms with Crippen molar-refractivity contribution in [2.75, 3.05) is 13.2 Å². The Labute approximate surface area is 154 Å². The van der Waals surface area contributed by atoms with Crippen molar-refractivity contribution < 1.29 is 19.1 Å². The lowest BCUT2D eigenvalue weighted by Crippen LogP contribution is -2.34. The molecule has 1 aromatic carbocycles. The molecule has 0 aliphatic rings. The second-order valence-electron chi connectivity index (χ2n) is 5.16. The minimum Gasteiger partial charge on any atom is -0.454 e. The van der Waals surface area contributed by atoms with Crippen LogP contribution in [0.15, 0.2) is 41.8 Å². The minimum absolute atomic E-state index is 0.275. The summed E-state index contributed by atoms with van der Waals surface area (Å²) in [4.78, 5) is 35.6. The number of rotatable bonds is 7. The molecule has 0 spiro atoms. The standard InChI is InChI=1S/C17H17ClN2O4S/c1-11(12-4-2-5-13(18)8-12)20-15(21)10-24-16(22)9-19-17(23)14-6-3-7-25-14/h2-8,11H,9-10H2,1H3,(H,19,23)(H,20,21)/t11-/m1/s1. The van der Waals surface area contributed by atoms with E-state index in [9.17, 15) is 14.4 Å². The fourth-order valence-electron chi connectivity index (χ4n) is 1.99. The smallest absolute Gasteiger partial charge is 0.325 e. The number of nitrogens with one attached hydrogen (secondary N) is 2. The van der Waals surface area contributed by atoms with Crippen LogP contribution >= 0.6 is 22.9 Å². The van der Waals surface area contributed by atoms with Crippen molar-refractivity contribution in [2.45, 2.75) is 13.0 Å². The number of amides is 2. The van der Waals surface area contributed by atoms with Gasteiger partial charge in [0.1, 0.15) is 6.54 Å². The van der Waals surface area contributed by atoms with Crippen LogP contribution in [-0.2, 0) is 14.3 Å². The molecular weight excluding hydrogens is 364 g/mol. The van der Waals surface area contributed by atoms with E-state index in [-0.39, 0.29) is 18.5 Å². The van der Waals surface area contributed by atoms with Crippen LogP contribution in [-0.4, -0.2) is 30.9 Å². The highest BCUT2D eigenvalue weighted by atomic mass is 35.5. The van der Waals surface area contributed by atoms with Crippen molar-refractivity contribution >= 4 is 40.7 Å². The van der Waals surface area contributed by atoms with Gasteiger partial charge in [-0.3, -0.25) is 14.4 Å². The number of esters is 1. The minimum atomic E-state index is -0.685. The molecule has 1 aromatic heterocycles. The zero-order valence-corrected chi connectivity index (χ0v) is 15.0. The summed E-state index contributed by atoms with van der Waals surface area (Å²) in [6, 6.07) is 10.2. The first-order valence-electron chi connectivity index (χ1n) is 7.48. The number of hydrogen-bond acceptors (Lipinski definition) is 5. The van der Waals surface area contributed by atoms with Gasteiger partial charge in [-0.1, -0.05) is 29.8 Å². The zero-order chi connectivity index (χ0) is 18.2. The van der Waals surface area contributed by atoms with Crippen LogP contribution in [0.2, 0.25) is 5.02 Å². The second-order valence-corrected chi connectivity index (χ2v) is 6.55. The Morgan fingerprint density at radius 3 is 2.72 bits per heavy atom. The largest absolute Gasteiger partial charge is 0.454 e. The molecule has 1 heterocycles. The summed E-state index contributed by atoms with van der Waals surface area (Å²) in [6.45, 7) is 1.08. The summed E-state index contributed by atoms with van der Waals surface area (Å²) in [6.07, 6.45) is 0. The van der Waals surface area contributed by atoms with Crippen molar-refractivity contribution in [3.63, 3.8) is 0 Å². The van der Waals surface area contributed by atoms with E-state index in [1.807, 2.05) is 6.07 Å². The molecule has 0 aliphatic carbocycles. The van der Waals surface area contributed by atoms with Crippen molar-refractivity contribution in [2.24, 2.45) is 0 Å². The summed E-state index contributed by atoms with van der Waals surface area (Å²) in [5.74, 6) is -1.48. The van der Waals surface area contributed by atoms with E-state index in [1.165, 1.54) is 11.3 Å². The summed E-state index contributed by atoms with van der Waals surface area (Å²) in [5, 5.41) is 7.48. The normalized spacial score (nSPS) is 11.4. The fraction of sp³-hybridized carbons (Fsp3) is 0.235. The van der Waals surface area contributed by atoms with E-state index in [2.05, 4.69) is 10.6 Å². The average molecular weight is 381 g/mol. The highest BCUT2D eigenvalue weighted by Gasteiger charge is 2.13. The highest BCUT2D eigenvalue weighted by molar-refractivity contribution is 7.12. The topological polar surface area (TPSA) is 84.5 Å². The monoisotopic (exact) mass is 380 g/mol. The van der Waals surface area contributed by atoms with Gasteiger partial charge < -0.3 is 15.4 Å². The maximum Gasteiger partial charge on any atom is 0.325 e. The van der Waals surface area contributed by atoms with E-state index in [0.717, 1.165) is 5.56 Å². The number of carbonyl (C=O) groups excluding carboxylic acids is 3. The molecule has 25 heavy (non-hydrogen) atoms. The third-order valence-corrected chi connectivity index (χ3v) is 4.33. The van der Waals surface area contributed by atoms with Crippen LogP contribution < -0.4 is 10.6 Å². The quantitative estimate of drug-likeness (QED) is 0.723. The van der Waals surface area contributed by atoms with E-state index < -0.39 is 18.5 Å². The second kappa shape index (κ2) is 9.19. The van der Waals surface area contributed by atoms with E-state index in [4.69, 9.17) is 16.3 Å². The van der Waals surface area contributed by atoms with Gasteiger partial charge >= 0.3 is 5.97 Å². The maximum absolute atomic E-state index is 11.8. The van der Waals surface area contributed by atoms with Crippen molar-refractivity contribution in [3.8, 4) is 0 Å². The van der Waals surface area contributed by atoms with Crippen LogP contribution in [0.5, 0.6) is 0 Å². The van der Waals surface area contributed by atoms with E-state index >= 15 is 0 Å². The number of benzene rings is 1. The molecule has 6 nitrogen and oxygen atoms in total. The Bertz CT molecular complexity index is 749. The first-order valence-corrected chi connectivity index (χ1v) is 8.73. The molecule has 1 atom stereocenters. The first-order chi connectivity index (χ1) is 12.0. The van der Waals surface area contributed by atoms with Crippen LogP contribution in [0.4, 0.5) is 0 Å². The number of thiophene rings is 1. The molecule has 132 valence electrons. The molecule has 0 fully saturated rings. The van der Waals surface area contributed by atoms with Gasteiger partial charge in [0.25, 0.3) is 11.8 Å². The fourth-order valence-corrected chi connectivity index (χ4v) is 2.83. The molecule has 2 aromatic rings. The Kier molecular flexibility index (Phi) is 6.97. The molecular formula is C17H17ClN2O4S. The van der Waals surface area contributed by atoms with Gasteiger partial charge in [0.05, 0.1) is 10.9 Å². The molecule has 0 aliphatic heterocycles. The predicted octanol–water partition coefficient (Wildman–Crippen LogP) is 2.55. The summed E-state index contributed by atoms with van der Waals surface area (Å²) >= 11 is 7.18. The summed E-state index contributed by atoms with van der Waals surface area (Å²) in [7, 11) is 0. The van der Waals surface area contributed by atoms with Gasteiger partial charge in [-0.25, -0.2) is 0 Å². The first kappa shape index (κ1) is 19.0. The lowest BCUT2D eigenvalue weighted by molar-refractivity contribution is -0.147. The molecule has 0 bridgehead atoms. The predicted molar refractivity (Wildman–Crippen MR) is 95.6 cm³/mol. The Hall–Kier alpha value is -2.38. The Balaban J connectivity index is 1.70.